The average Bonchev–Trinajstić information content (AvgIpc) is 3.17. The summed E-state index contributed by atoms with van der Waals surface area (Å²) in [5.74, 6) is 1.85. The lowest BCUT2D eigenvalue weighted by Crippen LogP contribution is -2.36. The molecule has 3 aromatic rings. The summed E-state index contributed by atoms with van der Waals surface area (Å²) >= 11 is 0. The van der Waals surface area contributed by atoms with E-state index in [0.717, 1.165) is 28.4 Å². The van der Waals surface area contributed by atoms with Gasteiger partial charge in [-0.15, -0.1) is 0 Å². The van der Waals surface area contributed by atoms with E-state index in [0.29, 0.717) is 25.2 Å². The molecule has 0 unspecified atom stereocenters. The number of rotatable bonds is 2. The fourth-order valence-corrected chi connectivity index (χ4v) is 3.05. The summed E-state index contributed by atoms with van der Waals surface area (Å²) in [5.41, 5.74) is 2.17. The van der Waals surface area contributed by atoms with E-state index in [2.05, 4.69) is 23.8 Å². The van der Waals surface area contributed by atoms with Crippen molar-refractivity contribution < 1.29 is 9.21 Å². The second-order valence-electron chi connectivity index (χ2n) is 6.59. The van der Waals surface area contributed by atoms with Crippen molar-refractivity contribution in [2.24, 2.45) is 7.05 Å². The van der Waals surface area contributed by atoms with E-state index in [1.165, 1.54) is 0 Å². The molecule has 0 saturated heterocycles. The molecule has 1 aliphatic rings. The van der Waals surface area contributed by atoms with Crippen LogP contribution in [0.15, 0.2) is 28.8 Å². The lowest BCUT2D eigenvalue weighted by atomic mass is 10.1. The standard InChI is InChI=1S/C18H20N4O2/c1-11(2)17-20-14-10-22(9-7-15(14)24-17)18(23)13-5-4-12-6-8-21(3)16(12)19-13/h4-6,8,11H,7,9-10H2,1-3H3. The Morgan fingerprint density at radius 1 is 1.25 bits per heavy atom. The van der Waals surface area contributed by atoms with E-state index in [1.807, 2.05) is 29.9 Å². The third kappa shape index (κ3) is 2.38. The van der Waals surface area contributed by atoms with Gasteiger partial charge in [-0.3, -0.25) is 4.79 Å². The highest BCUT2D eigenvalue weighted by atomic mass is 16.4. The number of hydrogen-bond donors (Lipinski definition) is 0. The Balaban J connectivity index is 1.60. The number of hydrogen-bond acceptors (Lipinski definition) is 4. The maximum absolute atomic E-state index is 12.8. The number of amides is 1. The highest BCUT2D eigenvalue weighted by Crippen LogP contribution is 2.24. The van der Waals surface area contributed by atoms with Crippen LogP contribution in [0.4, 0.5) is 0 Å². The van der Waals surface area contributed by atoms with E-state index < -0.39 is 0 Å². The summed E-state index contributed by atoms with van der Waals surface area (Å²) in [4.78, 5) is 23.7. The van der Waals surface area contributed by atoms with Crippen LogP contribution in [0, 0.1) is 0 Å². The maximum atomic E-state index is 12.8. The fourth-order valence-electron chi connectivity index (χ4n) is 3.05. The number of aromatic nitrogens is 3. The van der Waals surface area contributed by atoms with E-state index in [-0.39, 0.29) is 11.8 Å². The molecule has 0 fully saturated rings. The third-order valence-electron chi connectivity index (χ3n) is 4.46. The first-order valence-corrected chi connectivity index (χ1v) is 8.23. The Bertz CT molecular complexity index is 922. The molecule has 0 N–H and O–H groups in total. The van der Waals surface area contributed by atoms with Gasteiger partial charge in [-0.1, -0.05) is 13.8 Å². The van der Waals surface area contributed by atoms with Crippen molar-refractivity contribution in [3.05, 3.63) is 47.4 Å². The molecule has 4 heterocycles. The minimum atomic E-state index is -0.0575. The number of carbonyl (C=O) groups is 1. The van der Waals surface area contributed by atoms with E-state index in [9.17, 15) is 4.79 Å². The lowest BCUT2D eigenvalue weighted by molar-refractivity contribution is 0.0722. The Morgan fingerprint density at radius 2 is 2.08 bits per heavy atom. The van der Waals surface area contributed by atoms with Crippen molar-refractivity contribution in [1.82, 2.24) is 19.4 Å². The minimum absolute atomic E-state index is 0.0575. The van der Waals surface area contributed by atoms with Gasteiger partial charge in [0.15, 0.2) is 5.89 Å². The number of nitrogens with zero attached hydrogens (tertiary/aromatic N) is 4. The Labute approximate surface area is 140 Å². The fraction of sp³-hybridized carbons (Fsp3) is 0.389. The molecule has 3 aromatic heterocycles. The van der Waals surface area contributed by atoms with Crippen LogP contribution in [0.3, 0.4) is 0 Å². The Morgan fingerprint density at radius 3 is 2.88 bits per heavy atom. The van der Waals surface area contributed by atoms with Crippen LogP contribution >= 0.6 is 0 Å². The zero-order valence-corrected chi connectivity index (χ0v) is 14.1. The molecule has 0 saturated carbocycles. The summed E-state index contributed by atoms with van der Waals surface area (Å²) < 4.78 is 7.72. The van der Waals surface area contributed by atoms with Crippen molar-refractivity contribution in [3.8, 4) is 0 Å². The van der Waals surface area contributed by atoms with Gasteiger partial charge in [0.25, 0.3) is 5.91 Å². The van der Waals surface area contributed by atoms with Gasteiger partial charge in [0, 0.05) is 37.5 Å². The molecule has 24 heavy (non-hydrogen) atoms. The minimum Gasteiger partial charge on any atom is -0.445 e. The van der Waals surface area contributed by atoms with Crippen molar-refractivity contribution in [2.75, 3.05) is 6.54 Å². The van der Waals surface area contributed by atoms with Crippen molar-refractivity contribution in [2.45, 2.75) is 32.7 Å². The summed E-state index contributed by atoms with van der Waals surface area (Å²) in [6.07, 6.45) is 2.65. The highest BCUT2D eigenvalue weighted by molar-refractivity contribution is 5.94. The number of fused-ring (bicyclic) bond motifs is 2. The first-order chi connectivity index (χ1) is 11.5. The topological polar surface area (TPSA) is 64.2 Å². The van der Waals surface area contributed by atoms with E-state index >= 15 is 0 Å². The predicted octanol–water partition coefficient (Wildman–Crippen LogP) is 2.88. The summed E-state index contributed by atoms with van der Waals surface area (Å²) in [6.45, 7) is 5.22. The lowest BCUT2D eigenvalue weighted by Gasteiger charge is -2.25. The van der Waals surface area contributed by atoms with E-state index in [4.69, 9.17) is 4.42 Å². The number of carbonyl (C=O) groups excluding carboxylic acids is 1. The highest BCUT2D eigenvalue weighted by Gasteiger charge is 2.27. The summed E-state index contributed by atoms with van der Waals surface area (Å²) in [5, 5.41) is 1.04. The molecule has 0 aromatic carbocycles. The number of pyridine rings is 1. The molecular formula is C18H20N4O2. The van der Waals surface area contributed by atoms with Gasteiger partial charge in [-0.25, -0.2) is 9.97 Å². The molecule has 0 radical (unpaired) electrons. The number of aryl methyl sites for hydroxylation is 1. The Kier molecular flexibility index (Phi) is 3.40. The molecule has 1 aliphatic heterocycles. The molecule has 4 rings (SSSR count). The van der Waals surface area contributed by atoms with Gasteiger partial charge in [0.05, 0.1) is 6.54 Å². The van der Waals surface area contributed by atoms with E-state index in [1.54, 1.807) is 11.0 Å². The summed E-state index contributed by atoms with van der Waals surface area (Å²) in [7, 11) is 1.93. The second kappa shape index (κ2) is 5.47. The molecule has 1 amide bonds. The van der Waals surface area contributed by atoms with Crippen molar-refractivity contribution >= 4 is 16.9 Å². The molecular weight excluding hydrogens is 304 g/mol. The second-order valence-corrected chi connectivity index (χ2v) is 6.59. The SMILES string of the molecule is CC(C)c1nc2c(o1)CCN(C(=O)c1ccc3ccn(C)c3n1)C2. The zero-order valence-electron chi connectivity index (χ0n) is 14.1. The maximum Gasteiger partial charge on any atom is 0.272 e. The van der Waals surface area contributed by atoms with Crippen molar-refractivity contribution in [1.29, 1.82) is 0 Å². The van der Waals surface area contributed by atoms with Crippen molar-refractivity contribution in [3.63, 3.8) is 0 Å². The normalized spacial score (nSPS) is 14.4. The van der Waals surface area contributed by atoms with Crippen LogP contribution in [0.5, 0.6) is 0 Å². The molecule has 0 atom stereocenters. The van der Waals surface area contributed by atoms with Crippen LogP contribution in [0.25, 0.3) is 11.0 Å². The first kappa shape index (κ1) is 14.9. The van der Waals surface area contributed by atoms with Gasteiger partial charge >= 0.3 is 0 Å². The molecule has 0 aliphatic carbocycles. The molecule has 6 nitrogen and oxygen atoms in total. The molecule has 0 bridgehead atoms. The van der Waals surface area contributed by atoms with Gasteiger partial charge in [-0.05, 0) is 18.2 Å². The monoisotopic (exact) mass is 324 g/mol. The van der Waals surface area contributed by atoms with Crippen LogP contribution in [0.2, 0.25) is 0 Å². The van der Waals surface area contributed by atoms with Crippen LogP contribution in [-0.4, -0.2) is 31.9 Å². The van der Waals surface area contributed by atoms with Gasteiger partial charge in [0.1, 0.15) is 22.8 Å². The largest absolute Gasteiger partial charge is 0.445 e. The Hall–Kier alpha value is -2.63. The van der Waals surface area contributed by atoms with Crippen LogP contribution < -0.4 is 0 Å². The van der Waals surface area contributed by atoms with Gasteiger partial charge in [0.2, 0.25) is 0 Å². The van der Waals surface area contributed by atoms with Crippen LogP contribution in [-0.2, 0) is 20.0 Å². The zero-order chi connectivity index (χ0) is 16.8. The van der Waals surface area contributed by atoms with Gasteiger partial charge in [-0.2, -0.15) is 0 Å². The average molecular weight is 324 g/mol. The smallest absolute Gasteiger partial charge is 0.272 e. The number of oxazole rings is 1. The predicted molar refractivity (Wildman–Crippen MR) is 89.8 cm³/mol. The molecule has 0 spiro atoms. The van der Waals surface area contributed by atoms with Crippen LogP contribution in [0.1, 0.15) is 47.6 Å². The molecule has 124 valence electrons. The van der Waals surface area contributed by atoms with Gasteiger partial charge < -0.3 is 13.9 Å². The quantitative estimate of drug-likeness (QED) is 0.727. The first-order valence-electron chi connectivity index (χ1n) is 8.23. The summed E-state index contributed by atoms with van der Waals surface area (Å²) in [6, 6.07) is 5.73. The molecule has 6 heteroatoms. The third-order valence-corrected chi connectivity index (χ3v) is 4.46.